The first-order chi connectivity index (χ1) is 6.86. The van der Waals surface area contributed by atoms with Gasteiger partial charge in [-0.25, -0.2) is 0 Å². The molecule has 3 nitrogen and oxygen atoms in total. The molecule has 2 rings (SSSR count). The highest BCUT2D eigenvalue weighted by Gasteiger charge is 2.25. The van der Waals surface area contributed by atoms with Gasteiger partial charge in [0.2, 0.25) is 0 Å². The average Bonchev–Trinajstić information content (AvgIpc) is 2.78. The van der Waals surface area contributed by atoms with E-state index in [2.05, 4.69) is 5.32 Å². The Bertz CT molecular complexity index is 169. The molecular weight excluding hydrogens is 178 g/mol. The Kier molecular flexibility index (Phi) is 3.79. The smallest absolute Gasteiger partial charge is 0.0580 e. The van der Waals surface area contributed by atoms with E-state index in [1.54, 1.807) is 0 Å². The van der Waals surface area contributed by atoms with Crippen LogP contribution in [0.2, 0.25) is 0 Å². The van der Waals surface area contributed by atoms with Gasteiger partial charge in [-0.3, -0.25) is 0 Å². The number of hydrogen-bond donors (Lipinski definition) is 2. The second-order valence-electron chi connectivity index (χ2n) is 4.65. The quantitative estimate of drug-likeness (QED) is 0.703. The topological polar surface area (TPSA) is 41.5 Å². The third kappa shape index (κ3) is 2.69. The number of hydrogen-bond acceptors (Lipinski definition) is 3. The molecular formula is C11H21NO2. The fourth-order valence-electron chi connectivity index (χ4n) is 2.47. The van der Waals surface area contributed by atoms with E-state index in [1.807, 2.05) is 0 Å². The molecule has 2 aliphatic rings. The normalized spacial score (nSPS) is 37.9. The summed E-state index contributed by atoms with van der Waals surface area (Å²) in [6.07, 6.45) is 4.52. The van der Waals surface area contributed by atoms with E-state index in [1.165, 1.54) is 19.3 Å². The first kappa shape index (κ1) is 10.4. The van der Waals surface area contributed by atoms with Crippen molar-refractivity contribution < 1.29 is 9.84 Å². The first-order valence-electron chi connectivity index (χ1n) is 5.83. The molecule has 0 radical (unpaired) electrons. The highest BCUT2D eigenvalue weighted by atomic mass is 16.5. The third-order valence-corrected chi connectivity index (χ3v) is 3.48. The Morgan fingerprint density at radius 1 is 1.21 bits per heavy atom. The summed E-state index contributed by atoms with van der Waals surface area (Å²) in [5.74, 6) is 1.20. The molecule has 1 heterocycles. The molecule has 14 heavy (non-hydrogen) atoms. The van der Waals surface area contributed by atoms with Gasteiger partial charge in [0.05, 0.1) is 12.7 Å². The van der Waals surface area contributed by atoms with Gasteiger partial charge in [-0.1, -0.05) is 6.42 Å². The minimum absolute atomic E-state index is 0.0534. The predicted octanol–water partition coefficient (Wildman–Crippen LogP) is 0.774. The Balaban J connectivity index is 1.57. The highest BCUT2D eigenvalue weighted by molar-refractivity contribution is 4.79. The summed E-state index contributed by atoms with van der Waals surface area (Å²) >= 11 is 0. The number of aliphatic hydroxyl groups excluding tert-OH is 1. The molecule has 1 aliphatic carbocycles. The summed E-state index contributed by atoms with van der Waals surface area (Å²) in [5.41, 5.74) is 0. The molecule has 0 bridgehead atoms. The molecule has 1 saturated heterocycles. The summed E-state index contributed by atoms with van der Waals surface area (Å²) in [5, 5.41) is 13.1. The van der Waals surface area contributed by atoms with Crippen LogP contribution in [-0.4, -0.2) is 37.5 Å². The van der Waals surface area contributed by atoms with Crippen LogP contribution in [0.3, 0.4) is 0 Å². The fourth-order valence-corrected chi connectivity index (χ4v) is 2.47. The zero-order chi connectivity index (χ0) is 9.80. The average molecular weight is 199 g/mol. The van der Waals surface area contributed by atoms with Crippen LogP contribution in [0.5, 0.6) is 0 Å². The van der Waals surface area contributed by atoms with Crippen molar-refractivity contribution in [3.8, 4) is 0 Å². The Morgan fingerprint density at radius 2 is 2.14 bits per heavy atom. The lowest BCUT2D eigenvalue weighted by molar-refractivity contribution is 0.130. The molecule has 0 aromatic heterocycles. The fraction of sp³-hybridized carbons (Fsp3) is 1.00. The van der Waals surface area contributed by atoms with Crippen molar-refractivity contribution in [1.82, 2.24) is 5.32 Å². The summed E-state index contributed by atoms with van der Waals surface area (Å²) in [7, 11) is 0. The molecule has 1 aliphatic heterocycles. The number of aliphatic hydroxyl groups is 1. The molecule has 3 atom stereocenters. The minimum atomic E-state index is -0.0534. The molecule has 2 N–H and O–H groups in total. The second-order valence-corrected chi connectivity index (χ2v) is 4.65. The zero-order valence-corrected chi connectivity index (χ0v) is 8.74. The van der Waals surface area contributed by atoms with Crippen LogP contribution >= 0.6 is 0 Å². The van der Waals surface area contributed by atoms with E-state index >= 15 is 0 Å². The second kappa shape index (κ2) is 5.10. The van der Waals surface area contributed by atoms with Crippen LogP contribution in [-0.2, 0) is 4.74 Å². The predicted molar refractivity (Wildman–Crippen MR) is 55.1 cm³/mol. The molecule has 0 amide bonds. The van der Waals surface area contributed by atoms with E-state index in [0.29, 0.717) is 11.8 Å². The number of ether oxygens (including phenoxy) is 1. The van der Waals surface area contributed by atoms with Gasteiger partial charge in [-0.2, -0.15) is 0 Å². The van der Waals surface area contributed by atoms with Crippen molar-refractivity contribution in [3.63, 3.8) is 0 Å². The van der Waals surface area contributed by atoms with E-state index in [9.17, 15) is 5.11 Å². The standard InChI is InChI=1S/C11H21NO2/c13-11-3-1-2-10(11)7-12-6-9-4-5-14-8-9/h9-13H,1-8H2. The summed E-state index contributed by atoms with van der Waals surface area (Å²) < 4.78 is 5.31. The van der Waals surface area contributed by atoms with Gasteiger partial charge in [0.15, 0.2) is 0 Å². The van der Waals surface area contributed by atoms with Crippen LogP contribution < -0.4 is 5.32 Å². The molecule has 0 aromatic carbocycles. The van der Waals surface area contributed by atoms with Crippen LogP contribution in [0.4, 0.5) is 0 Å². The van der Waals surface area contributed by atoms with E-state index in [-0.39, 0.29) is 6.10 Å². The molecule has 82 valence electrons. The summed E-state index contributed by atoms with van der Waals surface area (Å²) in [6, 6.07) is 0. The lowest BCUT2D eigenvalue weighted by Crippen LogP contribution is -2.31. The molecule has 3 heteroatoms. The maximum atomic E-state index is 9.62. The molecule has 0 aromatic rings. The summed E-state index contributed by atoms with van der Waals surface area (Å²) in [6.45, 7) is 3.89. The van der Waals surface area contributed by atoms with Gasteiger partial charge in [-0.05, 0) is 31.1 Å². The Hall–Kier alpha value is -0.120. The molecule has 3 unspecified atom stereocenters. The number of rotatable bonds is 4. The Labute approximate surface area is 85.8 Å². The molecule has 1 saturated carbocycles. The van der Waals surface area contributed by atoms with Crippen LogP contribution in [0.1, 0.15) is 25.7 Å². The van der Waals surface area contributed by atoms with Crippen molar-refractivity contribution in [2.45, 2.75) is 31.8 Å². The molecule has 2 fully saturated rings. The SMILES string of the molecule is OC1CCCC1CNCC1CCOC1. The van der Waals surface area contributed by atoms with Gasteiger partial charge in [0, 0.05) is 19.7 Å². The zero-order valence-electron chi connectivity index (χ0n) is 8.74. The maximum Gasteiger partial charge on any atom is 0.0580 e. The third-order valence-electron chi connectivity index (χ3n) is 3.48. The van der Waals surface area contributed by atoms with Gasteiger partial charge in [0.1, 0.15) is 0 Å². The van der Waals surface area contributed by atoms with Crippen LogP contribution in [0, 0.1) is 11.8 Å². The minimum Gasteiger partial charge on any atom is -0.393 e. The largest absolute Gasteiger partial charge is 0.393 e. The van der Waals surface area contributed by atoms with Crippen LogP contribution in [0.15, 0.2) is 0 Å². The van der Waals surface area contributed by atoms with E-state index in [0.717, 1.165) is 32.7 Å². The Morgan fingerprint density at radius 3 is 2.79 bits per heavy atom. The first-order valence-corrected chi connectivity index (χ1v) is 5.83. The van der Waals surface area contributed by atoms with Crippen molar-refractivity contribution >= 4 is 0 Å². The molecule has 0 spiro atoms. The van der Waals surface area contributed by atoms with Gasteiger partial charge < -0.3 is 15.2 Å². The van der Waals surface area contributed by atoms with E-state index in [4.69, 9.17) is 4.74 Å². The van der Waals surface area contributed by atoms with Crippen molar-refractivity contribution in [1.29, 1.82) is 0 Å². The maximum absolute atomic E-state index is 9.62. The monoisotopic (exact) mass is 199 g/mol. The summed E-state index contributed by atoms with van der Waals surface area (Å²) in [4.78, 5) is 0. The van der Waals surface area contributed by atoms with Gasteiger partial charge >= 0.3 is 0 Å². The van der Waals surface area contributed by atoms with Crippen LogP contribution in [0.25, 0.3) is 0 Å². The van der Waals surface area contributed by atoms with Crippen molar-refractivity contribution in [2.24, 2.45) is 11.8 Å². The van der Waals surface area contributed by atoms with Crippen molar-refractivity contribution in [2.75, 3.05) is 26.3 Å². The lowest BCUT2D eigenvalue weighted by Gasteiger charge is -2.16. The lowest BCUT2D eigenvalue weighted by atomic mass is 10.1. The van der Waals surface area contributed by atoms with Gasteiger partial charge in [0.25, 0.3) is 0 Å². The van der Waals surface area contributed by atoms with Gasteiger partial charge in [-0.15, -0.1) is 0 Å². The van der Waals surface area contributed by atoms with Crippen molar-refractivity contribution in [3.05, 3.63) is 0 Å². The van der Waals surface area contributed by atoms with E-state index < -0.39 is 0 Å². The highest BCUT2D eigenvalue weighted by Crippen LogP contribution is 2.24. The number of nitrogens with one attached hydrogen (secondary N) is 1.